The molecule has 1 aliphatic heterocycles. The second kappa shape index (κ2) is 5.40. The maximum Gasteiger partial charge on any atom is 0.0556 e. The van der Waals surface area contributed by atoms with Gasteiger partial charge in [-0.25, -0.2) is 0 Å². The average molecular weight is 297 g/mol. The van der Waals surface area contributed by atoms with Gasteiger partial charge in [-0.2, -0.15) is 0 Å². The first-order valence-electron chi connectivity index (χ1n) is 6.33. The van der Waals surface area contributed by atoms with Crippen LogP contribution in [0, 0.1) is 5.92 Å². The van der Waals surface area contributed by atoms with Crippen LogP contribution in [0.25, 0.3) is 0 Å². The zero-order chi connectivity index (χ0) is 12.4. The van der Waals surface area contributed by atoms with Crippen molar-refractivity contribution in [3.05, 3.63) is 28.2 Å². The SMILES string of the molecule is CC(C)CN1CC(C)NCc2cccc(Br)c21. The molecule has 0 amide bonds. The van der Waals surface area contributed by atoms with Gasteiger partial charge in [-0.3, -0.25) is 0 Å². The first kappa shape index (κ1) is 12.9. The zero-order valence-electron chi connectivity index (χ0n) is 10.8. The molecule has 0 bridgehead atoms. The van der Waals surface area contributed by atoms with Crippen molar-refractivity contribution in [1.29, 1.82) is 0 Å². The highest BCUT2D eigenvalue weighted by Gasteiger charge is 2.21. The van der Waals surface area contributed by atoms with Gasteiger partial charge in [-0.15, -0.1) is 0 Å². The standard InChI is InChI=1S/C14H21BrN2/c1-10(2)8-17-9-11(3)16-7-12-5-4-6-13(15)14(12)17/h4-6,10-11,16H,7-9H2,1-3H3. The lowest BCUT2D eigenvalue weighted by atomic mass is 10.1. The molecule has 1 N–H and O–H groups in total. The van der Waals surface area contributed by atoms with Crippen LogP contribution in [0.2, 0.25) is 0 Å². The molecule has 0 aliphatic carbocycles. The van der Waals surface area contributed by atoms with Gasteiger partial charge in [-0.05, 0) is 40.4 Å². The Morgan fingerprint density at radius 2 is 2.24 bits per heavy atom. The number of halogens is 1. The van der Waals surface area contributed by atoms with E-state index in [1.165, 1.54) is 15.7 Å². The first-order valence-corrected chi connectivity index (χ1v) is 7.13. The van der Waals surface area contributed by atoms with E-state index in [1.807, 2.05) is 0 Å². The van der Waals surface area contributed by atoms with Gasteiger partial charge in [0.25, 0.3) is 0 Å². The topological polar surface area (TPSA) is 15.3 Å². The number of para-hydroxylation sites is 1. The first-order chi connectivity index (χ1) is 8.08. The second-order valence-corrected chi connectivity index (χ2v) is 6.18. The summed E-state index contributed by atoms with van der Waals surface area (Å²) >= 11 is 3.70. The third kappa shape index (κ3) is 3.02. The Balaban J connectivity index is 2.37. The van der Waals surface area contributed by atoms with Crippen molar-refractivity contribution in [2.24, 2.45) is 5.92 Å². The summed E-state index contributed by atoms with van der Waals surface area (Å²) in [7, 11) is 0. The summed E-state index contributed by atoms with van der Waals surface area (Å²) < 4.78 is 1.21. The van der Waals surface area contributed by atoms with Crippen LogP contribution in [0.15, 0.2) is 22.7 Å². The van der Waals surface area contributed by atoms with E-state index in [-0.39, 0.29) is 0 Å². The van der Waals surface area contributed by atoms with Gasteiger partial charge in [0.05, 0.1) is 5.69 Å². The van der Waals surface area contributed by atoms with Gasteiger partial charge in [0.15, 0.2) is 0 Å². The number of fused-ring (bicyclic) bond motifs is 1. The van der Waals surface area contributed by atoms with Gasteiger partial charge in [0.2, 0.25) is 0 Å². The van der Waals surface area contributed by atoms with E-state index in [1.54, 1.807) is 0 Å². The van der Waals surface area contributed by atoms with Crippen LogP contribution in [0.4, 0.5) is 5.69 Å². The third-order valence-corrected chi connectivity index (χ3v) is 3.75. The smallest absolute Gasteiger partial charge is 0.0556 e. The number of anilines is 1. The normalized spacial score (nSPS) is 20.3. The second-order valence-electron chi connectivity index (χ2n) is 5.33. The van der Waals surface area contributed by atoms with Crippen LogP contribution >= 0.6 is 15.9 Å². The Morgan fingerprint density at radius 1 is 1.47 bits per heavy atom. The van der Waals surface area contributed by atoms with Gasteiger partial charge < -0.3 is 10.2 Å². The number of nitrogens with zero attached hydrogens (tertiary/aromatic N) is 1. The summed E-state index contributed by atoms with van der Waals surface area (Å²) in [5, 5.41) is 3.57. The molecule has 1 aromatic rings. The van der Waals surface area contributed by atoms with E-state index < -0.39 is 0 Å². The molecule has 3 heteroatoms. The molecular formula is C14H21BrN2. The summed E-state index contributed by atoms with van der Waals surface area (Å²) in [6, 6.07) is 7.02. The molecule has 94 valence electrons. The minimum Gasteiger partial charge on any atom is -0.369 e. The number of hydrogen-bond donors (Lipinski definition) is 1. The van der Waals surface area contributed by atoms with Crippen molar-refractivity contribution < 1.29 is 0 Å². The van der Waals surface area contributed by atoms with Gasteiger partial charge in [-0.1, -0.05) is 26.0 Å². The monoisotopic (exact) mass is 296 g/mol. The van der Waals surface area contributed by atoms with Crippen molar-refractivity contribution >= 4 is 21.6 Å². The summed E-state index contributed by atoms with van der Waals surface area (Å²) in [5.41, 5.74) is 2.77. The van der Waals surface area contributed by atoms with E-state index in [2.05, 4.69) is 65.1 Å². The molecule has 1 atom stereocenters. The van der Waals surface area contributed by atoms with E-state index in [0.29, 0.717) is 12.0 Å². The molecule has 1 unspecified atom stereocenters. The summed E-state index contributed by atoms with van der Waals surface area (Å²) in [5.74, 6) is 0.681. The minimum absolute atomic E-state index is 0.535. The van der Waals surface area contributed by atoms with Crippen molar-refractivity contribution in [1.82, 2.24) is 5.32 Å². The Bertz CT molecular complexity index is 390. The lowest BCUT2D eigenvalue weighted by Crippen LogP contribution is -2.37. The van der Waals surface area contributed by atoms with Gasteiger partial charge >= 0.3 is 0 Å². The molecule has 0 saturated heterocycles. The fourth-order valence-corrected chi connectivity index (χ4v) is 3.09. The molecule has 2 nitrogen and oxygen atoms in total. The van der Waals surface area contributed by atoms with Crippen LogP contribution in [-0.4, -0.2) is 19.1 Å². The quantitative estimate of drug-likeness (QED) is 0.900. The van der Waals surface area contributed by atoms with E-state index in [4.69, 9.17) is 0 Å². The Kier molecular flexibility index (Phi) is 4.10. The van der Waals surface area contributed by atoms with Crippen LogP contribution in [0.5, 0.6) is 0 Å². The number of hydrogen-bond acceptors (Lipinski definition) is 2. The lowest BCUT2D eigenvalue weighted by molar-refractivity contribution is 0.530. The molecular weight excluding hydrogens is 276 g/mol. The van der Waals surface area contributed by atoms with Crippen molar-refractivity contribution in [3.8, 4) is 0 Å². The highest BCUT2D eigenvalue weighted by atomic mass is 79.9. The fourth-order valence-electron chi connectivity index (χ4n) is 2.43. The molecule has 0 radical (unpaired) electrons. The summed E-state index contributed by atoms with van der Waals surface area (Å²) in [6.07, 6.45) is 0. The van der Waals surface area contributed by atoms with Crippen molar-refractivity contribution in [2.75, 3.05) is 18.0 Å². The van der Waals surface area contributed by atoms with E-state index in [0.717, 1.165) is 19.6 Å². The molecule has 17 heavy (non-hydrogen) atoms. The Hall–Kier alpha value is -0.540. The van der Waals surface area contributed by atoms with E-state index in [9.17, 15) is 0 Å². The zero-order valence-corrected chi connectivity index (χ0v) is 12.4. The lowest BCUT2D eigenvalue weighted by Gasteiger charge is -2.29. The number of benzene rings is 1. The van der Waals surface area contributed by atoms with Crippen LogP contribution in [0.1, 0.15) is 26.3 Å². The summed E-state index contributed by atoms with van der Waals surface area (Å²) in [6.45, 7) is 9.96. The molecule has 0 spiro atoms. The van der Waals surface area contributed by atoms with Gasteiger partial charge in [0.1, 0.15) is 0 Å². The molecule has 0 fully saturated rings. The molecule has 0 aromatic heterocycles. The maximum atomic E-state index is 3.70. The minimum atomic E-state index is 0.535. The predicted octanol–water partition coefficient (Wildman–Crippen LogP) is 3.40. The average Bonchev–Trinajstić information content (AvgIpc) is 2.39. The Morgan fingerprint density at radius 3 is 2.94 bits per heavy atom. The van der Waals surface area contributed by atoms with Crippen molar-refractivity contribution in [2.45, 2.75) is 33.4 Å². The molecule has 0 saturated carbocycles. The van der Waals surface area contributed by atoms with E-state index >= 15 is 0 Å². The van der Waals surface area contributed by atoms with Crippen LogP contribution < -0.4 is 10.2 Å². The fraction of sp³-hybridized carbons (Fsp3) is 0.571. The summed E-state index contributed by atoms with van der Waals surface area (Å²) in [4.78, 5) is 2.51. The number of nitrogens with one attached hydrogen (secondary N) is 1. The highest BCUT2D eigenvalue weighted by molar-refractivity contribution is 9.10. The largest absolute Gasteiger partial charge is 0.369 e. The molecule has 1 aliphatic rings. The Labute approximate surface area is 113 Å². The number of rotatable bonds is 2. The highest BCUT2D eigenvalue weighted by Crippen LogP contribution is 2.32. The van der Waals surface area contributed by atoms with Gasteiger partial charge in [0, 0.05) is 30.1 Å². The van der Waals surface area contributed by atoms with Crippen LogP contribution in [-0.2, 0) is 6.54 Å². The molecule has 2 rings (SSSR count). The van der Waals surface area contributed by atoms with Crippen molar-refractivity contribution in [3.63, 3.8) is 0 Å². The van der Waals surface area contributed by atoms with Crippen LogP contribution in [0.3, 0.4) is 0 Å². The molecule has 1 aromatic carbocycles. The predicted molar refractivity (Wildman–Crippen MR) is 77.5 cm³/mol. The molecule has 1 heterocycles. The third-order valence-electron chi connectivity index (χ3n) is 3.11. The maximum absolute atomic E-state index is 3.70.